The van der Waals surface area contributed by atoms with Gasteiger partial charge in [0.25, 0.3) is 0 Å². The van der Waals surface area contributed by atoms with Crippen molar-refractivity contribution in [2.24, 2.45) is 0 Å². The first-order valence-electron chi connectivity index (χ1n) is 5.29. The predicted molar refractivity (Wildman–Crippen MR) is 60.0 cm³/mol. The molecular weight excluding hydrogens is 225 g/mol. The van der Waals surface area contributed by atoms with Gasteiger partial charge in [-0.15, -0.1) is 0 Å². The Labute approximate surface area is 98.5 Å². The molecule has 92 valence electrons. The molecule has 0 aliphatic carbocycles. The van der Waals surface area contributed by atoms with Crippen LogP contribution in [0.1, 0.15) is 18.9 Å². The number of halogens is 1. The van der Waals surface area contributed by atoms with Crippen LogP contribution in [0.25, 0.3) is 0 Å². The fourth-order valence-corrected chi connectivity index (χ4v) is 1.35. The predicted octanol–water partition coefficient (Wildman–Crippen LogP) is 1.35. The van der Waals surface area contributed by atoms with E-state index in [2.05, 4.69) is 5.32 Å². The number of nitrogens with one attached hydrogen (secondary N) is 1. The van der Waals surface area contributed by atoms with E-state index in [0.717, 1.165) is 0 Å². The normalized spacial score (nSPS) is 11.9. The van der Waals surface area contributed by atoms with Gasteiger partial charge in [0.1, 0.15) is 11.9 Å². The first-order chi connectivity index (χ1) is 8.02. The molecule has 1 unspecified atom stereocenters. The molecule has 0 saturated heterocycles. The van der Waals surface area contributed by atoms with E-state index in [1.807, 2.05) is 0 Å². The highest BCUT2D eigenvalue weighted by Crippen LogP contribution is 2.06. The summed E-state index contributed by atoms with van der Waals surface area (Å²) < 4.78 is 12.7. The molecule has 0 bridgehead atoms. The molecule has 0 fully saturated rings. The monoisotopic (exact) mass is 239 g/mol. The molecule has 5 heteroatoms. The third-order valence-electron chi connectivity index (χ3n) is 2.31. The van der Waals surface area contributed by atoms with Crippen molar-refractivity contribution in [2.75, 3.05) is 0 Å². The van der Waals surface area contributed by atoms with Gasteiger partial charge in [-0.3, -0.25) is 4.79 Å². The van der Waals surface area contributed by atoms with E-state index in [-0.39, 0.29) is 24.6 Å². The summed E-state index contributed by atoms with van der Waals surface area (Å²) in [6, 6.07) is 4.55. The molecule has 0 spiro atoms. The largest absolute Gasteiger partial charge is 0.480 e. The molecule has 4 nitrogen and oxygen atoms in total. The fourth-order valence-electron chi connectivity index (χ4n) is 1.35. The second-order valence-corrected chi connectivity index (χ2v) is 3.64. The summed E-state index contributed by atoms with van der Waals surface area (Å²) in [6.07, 6.45) is 0.370. The second kappa shape index (κ2) is 5.98. The van der Waals surface area contributed by atoms with Crippen LogP contribution in [0.3, 0.4) is 0 Å². The van der Waals surface area contributed by atoms with E-state index in [9.17, 15) is 14.0 Å². The Hall–Kier alpha value is -1.91. The lowest BCUT2D eigenvalue weighted by atomic mass is 10.1. The summed E-state index contributed by atoms with van der Waals surface area (Å²) in [7, 11) is 0. The minimum atomic E-state index is -1.10. The van der Waals surface area contributed by atoms with Crippen LogP contribution in [0.4, 0.5) is 4.39 Å². The van der Waals surface area contributed by atoms with Crippen LogP contribution in [0.2, 0.25) is 0 Å². The van der Waals surface area contributed by atoms with Gasteiger partial charge in [0.2, 0.25) is 5.91 Å². The van der Waals surface area contributed by atoms with Crippen molar-refractivity contribution in [2.45, 2.75) is 25.8 Å². The number of hydrogen-bond donors (Lipinski definition) is 2. The van der Waals surface area contributed by atoms with Gasteiger partial charge < -0.3 is 10.4 Å². The minimum absolute atomic E-state index is 0.140. The summed E-state index contributed by atoms with van der Waals surface area (Å²) in [4.78, 5) is 22.1. The lowest BCUT2D eigenvalue weighted by Crippen LogP contribution is -2.42. The van der Waals surface area contributed by atoms with Gasteiger partial charge in [-0.2, -0.15) is 0 Å². The molecule has 1 amide bonds. The summed E-state index contributed by atoms with van der Waals surface area (Å²) in [5.74, 6) is -1.80. The van der Waals surface area contributed by atoms with Gasteiger partial charge in [-0.1, -0.05) is 19.1 Å². The zero-order valence-corrected chi connectivity index (χ0v) is 9.44. The number of amides is 1. The Morgan fingerprint density at radius 1 is 1.35 bits per heavy atom. The maximum absolute atomic E-state index is 12.7. The number of benzene rings is 1. The standard InChI is InChI=1S/C12H14FNO3/c1-2-11(15)14-10(12(16)17)7-8-3-5-9(13)6-4-8/h3-6,10H,2,7H2,1H3,(H,14,15)(H,16,17). The number of carboxylic acid groups (broad SMARTS) is 1. The van der Waals surface area contributed by atoms with Gasteiger partial charge in [0, 0.05) is 12.8 Å². The highest BCUT2D eigenvalue weighted by atomic mass is 19.1. The average Bonchev–Trinajstić information content (AvgIpc) is 2.30. The number of rotatable bonds is 5. The average molecular weight is 239 g/mol. The molecule has 0 aliphatic rings. The van der Waals surface area contributed by atoms with Crippen LogP contribution in [0.15, 0.2) is 24.3 Å². The van der Waals surface area contributed by atoms with Crippen molar-refractivity contribution >= 4 is 11.9 Å². The van der Waals surface area contributed by atoms with E-state index < -0.39 is 12.0 Å². The maximum Gasteiger partial charge on any atom is 0.326 e. The van der Waals surface area contributed by atoms with Gasteiger partial charge in [0.05, 0.1) is 0 Å². The van der Waals surface area contributed by atoms with Gasteiger partial charge in [-0.25, -0.2) is 9.18 Å². The molecule has 1 aromatic carbocycles. The molecule has 2 N–H and O–H groups in total. The Morgan fingerprint density at radius 3 is 2.41 bits per heavy atom. The Kier molecular flexibility index (Phi) is 4.63. The molecule has 1 atom stereocenters. The van der Waals surface area contributed by atoms with Crippen LogP contribution in [0.5, 0.6) is 0 Å². The number of carbonyl (C=O) groups excluding carboxylic acids is 1. The number of carboxylic acids is 1. The molecule has 0 aromatic heterocycles. The molecule has 1 rings (SSSR count). The quantitative estimate of drug-likeness (QED) is 0.815. The SMILES string of the molecule is CCC(=O)NC(Cc1ccc(F)cc1)C(=O)O. The summed E-state index contributed by atoms with van der Waals surface area (Å²) >= 11 is 0. The molecular formula is C12H14FNO3. The fraction of sp³-hybridized carbons (Fsp3) is 0.333. The third-order valence-corrected chi connectivity index (χ3v) is 2.31. The van der Waals surface area contributed by atoms with E-state index >= 15 is 0 Å². The lowest BCUT2D eigenvalue weighted by Gasteiger charge is -2.13. The minimum Gasteiger partial charge on any atom is -0.480 e. The van der Waals surface area contributed by atoms with Crippen LogP contribution >= 0.6 is 0 Å². The van der Waals surface area contributed by atoms with Crippen molar-refractivity contribution in [3.8, 4) is 0 Å². The van der Waals surface area contributed by atoms with Crippen molar-refractivity contribution in [1.82, 2.24) is 5.32 Å². The smallest absolute Gasteiger partial charge is 0.326 e. The molecule has 0 saturated carbocycles. The highest BCUT2D eigenvalue weighted by molar-refractivity contribution is 5.83. The van der Waals surface area contributed by atoms with Gasteiger partial charge in [0.15, 0.2) is 0 Å². The zero-order chi connectivity index (χ0) is 12.8. The van der Waals surface area contributed by atoms with E-state index in [1.165, 1.54) is 24.3 Å². The second-order valence-electron chi connectivity index (χ2n) is 3.64. The number of aliphatic carboxylic acids is 1. The summed E-state index contributed by atoms with van der Waals surface area (Å²) in [5.41, 5.74) is 0.662. The van der Waals surface area contributed by atoms with Crippen LogP contribution in [0, 0.1) is 5.82 Å². The lowest BCUT2D eigenvalue weighted by molar-refractivity contribution is -0.141. The summed E-state index contributed by atoms with van der Waals surface area (Å²) in [6.45, 7) is 1.64. The van der Waals surface area contributed by atoms with Crippen LogP contribution in [-0.2, 0) is 16.0 Å². The molecule has 0 heterocycles. The topological polar surface area (TPSA) is 66.4 Å². The van der Waals surface area contributed by atoms with E-state index in [0.29, 0.717) is 5.56 Å². The molecule has 1 aromatic rings. The molecule has 17 heavy (non-hydrogen) atoms. The van der Waals surface area contributed by atoms with E-state index in [4.69, 9.17) is 5.11 Å². The third kappa shape index (κ3) is 4.22. The first-order valence-corrected chi connectivity index (χ1v) is 5.29. The Morgan fingerprint density at radius 2 is 1.94 bits per heavy atom. The van der Waals surface area contributed by atoms with Gasteiger partial charge >= 0.3 is 5.97 Å². The van der Waals surface area contributed by atoms with E-state index in [1.54, 1.807) is 6.92 Å². The summed E-state index contributed by atoms with van der Waals surface area (Å²) in [5, 5.41) is 11.3. The van der Waals surface area contributed by atoms with Crippen molar-refractivity contribution in [1.29, 1.82) is 0 Å². The molecule has 0 radical (unpaired) electrons. The Bertz CT molecular complexity index is 403. The van der Waals surface area contributed by atoms with Crippen LogP contribution < -0.4 is 5.32 Å². The van der Waals surface area contributed by atoms with Crippen LogP contribution in [-0.4, -0.2) is 23.0 Å². The highest BCUT2D eigenvalue weighted by Gasteiger charge is 2.19. The van der Waals surface area contributed by atoms with Crippen molar-refractivity contribution in [3.63, 3.8) is 0 Å². The van der Waals surface area contributed by atoms with Gasteiger partial charge in [-0.05, 0) is 17.7 Å². The molecule has 0 aliphatic heterocycles. The Balaban J connectivity index is 2.70. The first kappa shape index (κ1) is 13.2. The van der Waals surface area contributed by atoms with Crippen molar-refractivity contribution < 1.29 is 19.1 Å². The number of hydrogen-bond acceptors (Lipinski definition) is 2. The maximum atomic E-state index is 12.7. The van der Waals surface area contributed by atoms with Crippen molar-refractivity contribution in [3.05, 3.63) is 35.6 Å². The zero-order valence-electron chi connectivity index (χ0n) is 9.44. The number of carbonyl (C=O) groups is 2.